The number of ketones is 1. The number of carbonyl (C=O) groups excluding carboxylic acids is 1. The lowest BCUT2D eigenvalue weighted by molar-refractivity contribution is 0.101. The number of pyridine rings is 1. The van der Waals surface area contributed by atoms with Crippen molar-refractivity contribution in [3.05, 3.63) is 42.1 Å². The van der Waals surface area contributed by atoms with E-state index in [1.54, 1.807) is 13.0 Å². The van der Waals surface area contributed by atoms with Gasteiger partial charge in [-0.25, -0.2) is 0 Å². The van der Waals surface area contributed by atoms with Crippen LogP contribution in [0.3, 0.4) is 0 Å². The fraction of sp³-hybridized carbons (Fsp3) is 0.125. The van der Waals surface area contributed by atoms with Gasteiger partial charge in [0, 0.05) is 22.5 Å². The highest BCUT2D eigenvalue weighted by atomic mass is 16.7. The summed E-state index contributed by atoms with van der Waals surface area (Å²) in [6.07, 6.45) is 1.81. The molecule has 20 heavy (non-hydrogen) atoms. The predicted octanol–water partition coefficient (Wildman–Crippen LogP) is 3.32. The average Bonchev–Trinajstić information content (AvgIpc) is 2.91. The molecule has 0 aliphatic carbocycles. The van der Waals surface area contributed by atoms with Gasteiger partial charge in [0.2, 0.25) is 6.79 Å². The van der Waals surface area contributed by atoms with Gasteiger partial charge in [0.25, 0.3) is 0 Å². The van der Waals surface area contributed by atoms with Gasteiger partial charge in [0.05, 0.1) is 5.52 Å². The number of Topliss-reactive ketones (excluding diaryl/α,β-unsaturated/α-hetero) is 1. The van der Waals surface area contributed by atoms with Gasteiger partial charge in [-0.3, -0.25) is 9.78 Å². The number of hydrogen-bond donors (Lipinski definition) is 0. The molecule has 4 nitrogen and oxygen atoms in total. The molecule has 0 fully saturated rings. The summed E-state index contributed by atoms with van der Waals surface area (Å²) >= 11 is 0. The van der Waals surface area contributed by atoms with E-state index in [0.717, 1.165) is 33.2 Å². The lowest BCUT2D eigenvalue weighted by Crippen LogP contribution is -1.92. The zero-order chi connectivity index (χ0) is 13.7. The minimum absolute atomic E-state index is 0.0460. The molecule has 0 amide bonds. The van der Waals surface area contributed by atoms with Crippen molar-refractivity contribution in [1.29, 1.82) is 0 Å². The summed E-state index contributed by atoms with van der Waals surface area (Å²) in [7, 11) is 0. The van der Waals surface area contributed by atoms with Crippen LogP contribution in [0.5, 0.6) is 11.5 Å². The van der Waals surface area contributed by atoms with Crippen molar-refractivity contribution in [3.63, 3.8) is 0 Å². The van der Waals surface area contributed by atoms with Crippen LogP contribution in [0.1, 0.15) is 17.3 Å². The van der Waals surface area contributed by atoms with Gasteiger partial charge in [-0.1, -0.05) is 0 Å². The van der Waals surface area contributed by atoms with Gasteiger partial charge in [0.1, 0.15) is 0 Å². The smallest absolute Gasteiger partial charge is 0.231 e. The van der Waals surface area contributed by atoms with Crippen molar-refractivity contribution >= 4 is 27.5 Å². The molecule has 1 aromatic heterocycles. The zero-order valence-electron chi connectivity index (χ0n) is 10.8. The Labute approximate surface area is 114 Å². The molecule has 0 atom stereocenters. The first-order valence-electron chi connectivity index (χ1n) is 6.35. The number of ether oxygens (including phenoxy) is 2. The van der Waals surface area contributed by atoms with Gasteiger partial charge < -0.3 is 9.47 Å². The van der Waals surface area contributed by atoms with Crippen LogP contribution in [-0.4, -0.2) is 17.6 Å². The van der Waals surface area contributed by atoms with E-state index in [-0.39, 0.29) is 12.6 Å². The molecule has 3 aromatic rings. The summed E-state index contributed by atoms with van der Waals surface area (Å²) in [5.41, 5.74) is 1.55. The van der Waals surface area contributed by atoms with E-state index < -0.39 is 0 Å². The summed E-state index contributed by atoms with van der Waals surface area (Å²) in [5, 5.41) is 2.94. The first-order chi connectivity index (χ1) is 9.72. The first kappa shape index (κ1) is 11.2. The lowest BCUT2D eigenvalue weighted by Gasteiger charge is -2.06. The minimum atomic E-state index is 0.0460. The first-order valence-corrected chi connectivity index (χ1v) is 6.35. The van der Waals surface area contributed by atoms with Crippen molar-refractivity contribution in [3.8, 4) is 11.5 Å². The Morgan fingerprint density at radius 1 is 1.10 bits per heavy atom. The van der Waals surface area contributed by atoms with Crippen LogP contribution < -0.4 is 9.47 Å². The third kappa shape index (κ3) is 1.54. The van der Waals surface area contributed by atoms with Crippen molar-refractivity contribution in [1.82, 2.24) is 4.98 Å². The number of fused-ring (bicyclic) bond motifs is 4. The topological polar surface area (TPSA) is 48.4 Å². The molecule has 98 valence electrons. The molecule has 2 heterocycles. The number of nitrogens with zero attached hydrogens (tertiary/aromatic N) is 1. The van der Waals surface area contributed by atoms with E-state index in [1.807, 2.05) is 30.5 Å². The van der Waals surface area contributed by atoms with Crippen LogP contribution in [0.2, 0.25) is 0 Å². The third-order valence-electron chi connectivity index (χ3n) is 3.58. The van der Waals surface area contributed by atoms with Crippen LogP contribution in [0.4, 0.5) is 0 Å². The number of aromatic nitrogens is 1. The number of benzene rings is 2. The molecule has 2 aromatic carbocycles. The summed E-state index contributed by atoms with van der Waals surface area (Å²) in [4.78, 5) is 16.0. The molecule has 1 aliphatic rings. The van der Waals surface area contributed by atoms with E-state index in [9.17, 15) is 4.79 Å². The average molecular weight is 265 g/mol. The molecule has 0 saturated carbocycles. The maximum absolute atomic E-state index is 11.5. The highest BCUT2D eigenvalue weighted by Gasteiger charge is 2.15. The SMILES string of the molecule is CC(=O)c1ccc2ncc3cc4c(cc3c2c1)OCO4. The second-order valence-corrected chi connectivity index (χ2v) is 4.84. The Hall–Kier alpha value is -2.62. The molecule has 0 saturated heterocycles. The summed E-state index contributed by atoms with van der Waals surface area (Å²) in [6, 6.07) is 9.43. The summed E-state index contributed by atoms with van der Waals surface area (Å²) in [6.45, 7) is 1.81. The van der Waals surface area contributed by atoms with E-state index in [4.69, 9.17) is 9.47 Å². The maximum Gasteiger partial charge on any atom is 0.231 e. The van der Waals surface area contributed by atoms with Crippen LogP contribution in [0.15, 0.2) is 36.5 Å². The number of hydrogen-bond acceptors (Lipinski definition) is 4. The highest BCUT2D eigenvalue weighted by molar-refractivity contribution is 6.09. The summed E-state index contributed by atoms with van der Waals surface area (Å²) < 4.78 is 10.8. The second kappa shape index (κ2) is 3.93. The molecular formula is C16H11NO3. The van der Waals surface area contributed by atoms with Crippen molar-refractivity contribution < 1.29 is 14.3 Å². The maximum atomic E-state index is 11.5. The van der Waals surface area contributed by atoms with Gasteiger partial charge in [0.15, 0.2) is 17.3 Å². The number of rotatable bonds is 1. The Balaban J connectivity index is 2.10. The molecule has 0 unspecified atom stereocenters. The molecule has 0 bridgehead atoms. The van der Waals surface area contributed by atoms with Gasteiger partial charge in [-0.05, 0) is 42.6 Å². The minimum Gasteiger partial charge on any atom is -0.454 e. The fourth-order valence-corrected chi connectivity index (χ4v) is 2.52. The van der Waals surface area contributed by atoms with E-state index in [1.165, 1.54) is 0 Å². The molecule has 0 radical (unpaired) electrons. The Kier molecular flexibility index (Phi) is 2.21. The third-order valence-corrected chi connectivity index (χ3v) is 3.58. The quantitative estimate of drug-likeness (QED) is 0.500. The second-order valence-electron chi connectivity index (χ2n) is 4.84. The molecule has 1 aliphatic heterocycles. The van der Waals surface area contributed by atoms with Crippen molar-refractivity contribution in [2.75, 3.05) is 6.79 Å². The van der Waals surface area contributed by atoms with Crippen LogP contribution in [-0.2, 0) is 0 Å². The monoisotopic (exact) mass is 265 g/mol. The Bertz CT molecular complexity index is 870. The lowest BCUT2D eigenvalue weighted by atomic mass is 10.0. The van der Waals surface area contributed by atoms with Crippen molar-refractivity contribution in [2.24, 2.45) is 0 Å². The largest absolute Gasteiger partial charge is 0.454 e. The van der Waals surface area contributed by atoms with Crippen LogP contribution in [0, 0.1) is 0 Å². The zero-order valence-corrected chi connectivity index (χ0v) is 10.8. The normalized spacial score (nSPS) is 13.1. The van der Waals surface area contributed by atoms with Crippen LogP contribution in [0.25, 0.3) is 21.7 Å². The number of carbonyl (C=O) groups is 1. The van der Waals surface area contributed by atoms with Crippen LogP contribution >= 0.6 is 0 Å². The molecule has 4 heteroatoms. The predicted molar refractivity (Wildman–Crippen MR) is 75.4 cm³/mol. The summed E-state index contributed by atoms with van der Waals surface area (Å²) in [5.74, 6) is 1.52. The standard InChI is InChI=1S/C16H11NO3/c1-9(18)10-2-3-14-13(4-10)12-6-16-15(19-8-20-16)5-11(12)7-17-14/h2-7H,8H2,1H3. The van der Waals surface area contributed by atoms with Gasteiger partial charge in [-0.2, -0.15) is 0 Å². The van der Waals surface area contributed by atoms with Gasteiger partial charge >= 0.3 is 0 Å². The van der Waals surface area contributed by atoms with Crippen molar-refractivity contribution in [2.45, 2.75) is 6.92 Å². The van der Waals surface area contributed by atoms with E-state index in [0.29, 0.717) is 5.56 Å². The molecule has 0 N–H and O–H groups in total. The Morgan fingerprint density at radius 2 is 1.90 bits per heavy atom. The van der Waals surface area contributed by atoms with E-state index in [2.05, 4.69) is 4.98 Å². The highest BCUT2D eigenvalue weighted by Crippen LogP contribution is 2.38. The fourth-order valence-electron chi connectivity index (χ4n) is 2.52. The molecular weight excluding hydrogens is 254 g/mol. The van der Waals surface area contributed by atoms with E-state index >= 15 is 0 Å². The molecule has 0 spiro atoms. The van der Waals surface area contributed by atoms with Gasteiger partial charge in [-0.15, -0.1) is 0 Å². The Morgan fingerprint density at radius 3 is 2.70 bits per heavy atom. The molecule has 4 rings (SSSR count).